The summed E-state index contributed by atoms with van der Waals surface area (Å²) in [5.41, 5.74) is 0.912. The van der Waals surface area contributed by atoms with Gasteiger partial charge in [0, 0.05) is 18.0 Å². The molecule has 4 rings (SSSR count). The smallest absolute Gasteiger partial charge is 0.167 e. The van der Waals surface area contributed by atoms with Crippen LogP contribution >= 0.6 is 0 Å². The van der Waals surface area contributed by atoms with Gasteiger partial charge in [-0.05, 0) is 45.2 Å². The number of para-hydroxylation sites is 1. The van der Waals surface area contributed by atoms with Crippen molar-refractivity contribution in [3.8, 4) is 11.5 Å². The minimum atomic E-state index is -0.241. The van der Waals surface area contributed by atoms with Crippen LogP contribution in [0.3, 0.4) is 0 Å². The van der Waals surface area contributed by atoms with Crippen molar-refractivity contribution in [2.75, 3.05) is 20.2 Å². The first-order valence-corrected chi connectivity index (χ1v) is 8.32. The molecule has 3 heterocycles. The van der Waals surface area contributed by atoms with Gasteiger partial charge >= 0.3 is 0 Å². The Hall–Kier alpha value is -1.26. The largest absolute Gasteiger partial charge is 0.493 e. The Morgan fingerprint density at radius 2 is 2.18 bits per heavy atom. The van der Waals surface area contributed by atoms with Crippen LogP contribution in [0.1, 0.15) is 38.4 Å². The number of piperidine rings is 1. The molecule has 0 unspecified atom stereocenters. The molecule has 4 nitrogen and oxygen atoms in total. The summed E-state index contributed by atoms with van der Waals surface area (Å²) in [5.74, 6) is 2.65. The zero-order valence-corrected chi connectivity index (χ0v) is 13.6. The molecular weight excluding hydrogens is 278 g/mol. The Morgan fingerprint density at radius 1 is 1.32 bits per heavy atom. The molecule has 0 radical (unpaired) electrons. The first-order valence-electron chi connectivity index (χ1n) is 8.32. The summed E-state index contributed by atoms with van der Waals surface area (Å²) >= 11 is 0. The van der Waals surface area contributed by atoms with E-state index in [1.807, 2.05) is 12.1 Å². The van der Waals surface area contributed by atoms with Gasteiger partial charge in [0.1, 0.15) is 5.60 Å². The number of hydrogen-bond donors (Lipinski definition) is 1. The van der Waals surface area contributed by atoms with Crippen LogP contribution in [-0.4, -0.2) is 31.9 Å². The second-order valence-corrected chi connectivity index (χ2v) is 7.27. The van der Waals surface area contributed by atoms with Crippen LogP contribution in [0.25, 0.3) is 0 Å². The Kier molecular flexibility index (Phi) is 3.35. The Bertz CT molecular complexity index is 571. The fourth-order valence-electron chi connectivity index (χ4n) is 4.35. The van der Waals surface area contributed by atoms with Crippen LogP contribution in [0.15, 0.2) is 18.2 Å². The van der Waals surface area contributed by atoms with E-state index < -0.39 is 0 Å². The van der Waals surface area contributed by atoms with E-state index in [0.717, 1.165) is 43.0 Å². The minimum absolute atomic E-state index is 0.119. The average molecular weight is 303 g/mol. The van der Waals surface area contributed by atoms with Gasteiger partial charge in [-0.15, -0.1) is 0 Å². The Labute approximate surface area is 132 Å². The Morgan fingerprint density at radius 3 is 3.00 bits per heavy atom. The summed E-state index contributed by atoms with van der Waals surface area (Å²) in [7, 11) is 1.70. The number of rotatable bonds is 1. The quantitative estimate of drug-likeness (QED) is 0.866. The lowest BCUT2D eigenvalue weighted by atomic mass is 9.71. The normalized spacial score (nSPS) is 35.6. The van der Waals surface area contributed by atoms with Crippen molar-refractivity contribution in [3.05, 3.63) is 23.8 Å². The van der Waals surface area contributed by atoms with E-state index in [0.29, 0.717) is 17.9 Å². The summed E-state index contributed by atoms with van der Waals surface area (Å²) in [5, 5.41) is 3.50. The van der Waals surface area contributed by atoms with E-state index in [4.69, 9.17) is 14.2 Å². The zero-order valence-electron chi connectivity index (χ0n) is 13.6. The molecule has 1 N–H and O–H groups in total. The maximum absolute atomic E-state index is 6.58. The molecular formula is C18H25NO3. The van der Waals surface area contributed by atoms with Crippen LogP contribution in [0.2, 0.25) is 0 Å². The monoisotopic (exact) mass is 303 g/mol. The SMILES string of the molecule is COc1cccc2c1OC(C)(C)[C@H]1C[C@@H]3CNCC[C@@H]3O[C@H]21. The summed E-state index contributed by atoms with van der Waals surface area (Å²) in [6, 6.07) is 6.13. The van der Waals surface area contributed by atoms with Crippen LogP contribution in [0.4, 0.5) is 0 Å². The lowest BCUT2D eigenvalue weighted by Crippen LogP contribution is -2.54. The molecule has 0 aromatic heterocycles. The van der Waals surface area contributed by atoms with E-state index in [1.54, 1.807) is 7.11 Å². The molecule has 4 atom stereocenters. The number of ether oxygens (including phenoxy) is 3. The molecule has 0 amide bonds. The van der Waals surface area contributed by atoms with E-state index >= 15 is 0 Å². The number of methoxy groups -OCH3 is 1. The summed E-state index contributed by atoms with van der Waals surface area (Å²) < 4.78 is 18.4. The van der Waals surface area contributed by atoms with E-state index in [-0.39, 0.29) is 11.7 Å². The van der Waals surface area contributed by atoms with Gasteiger partial charge in [-0.2, -0.15) is 0 Å². The van der Waals surface area contributed by atoms with Crippen LogP contribution < -0.4 is 14.8 Å². The van der Waals surface area contributed by atoms with Crippen molar-refractivity contribution < 1.29 is 14.2 Å². The van der Waals surface area contributed by atoms with Gasteiger partial charge in [0.25, 0.3) is 0 Å². The lowest BCUT2D eigenvalue weighted by molar-refractivity contribution is -0.178. The number of hydrogen-bond acceptors (Lipinski definition) is 4. The average Bonchev–Trinajstić information content (AvgIpc) is 2.53. The molecule has 3 aliphatic rings. The van der Waals surface area contributed by atoms with E-state index in [1.165, 1.54) is 0 Å². The highest BCUT2D eigenvalue weighted by Crippen LogP contribution is 2.54. The van der Waals surface area contributed by atoms with Gasteiger partial charge in [0.2, 0.25) is 0 Å². The molecule has 2 saturated heterocycles. The van der Waals surface area contributed by atoms with Crippen molar-refractivity contribution in [2.24, 2.45) is 11.8 Å². The first kappa shape index (κ1) is 14.3. The van der Waals surface area contributed by atoms with Crippen molar-refractivity contribution in [3.63, 3.8) is 0 Å². The molecule has 2 fully saturated rings. The first-order chi connectivity index (χ1) is 10.6. The molecule has 120 valence electrons. The minimum Gasteiger partial charge on any atom is -0.493 e. The fraction of sp³-hybridized carbons (Fsp3) is 0.667. The third-order valence-corrected chi connectivity index (χ3v) is 5.58. The molecule has 0 bridgehead atoms. The topological polar surface area (TPSA) is 39.7 Å². The highest BCUT2D eigenvalue weighted by atomic mass is 16.5. The Balaban J connectivity index is 1.75. The number of benzene rings is 1. The lowest BCUT2D eigenvalue weighted by Gasteiger charge is -2.52. The van der Waals surface area contributed by atoms with Crippen molar-refractivity contribution in [1.29, 1.82) is 0 Å². The predicted molar refractivity (Wildman–Crippen MR) is 84.4 cm³/mol. The third kappa shape index (κ3) is 2.12. The van der Waals surface area contributed by atoms with Crippen LogP contribution in [0.5, 0.6) is 11.5 Å². The second-order valence-electron chi connectivity index (χ2n) is 7.27. The molecule has 0 saturated carbocycles. The molecule has 22 heavy (non-hydrogen) atoms. The zero-order chi connectivity index (χ0) is 15.3. The molecule has 0 aliphatic carbocycles. The summed E-state index contributed by atoms with van der Waals surface area (Å²) in [6.45, 7) is 6.48. The van der Waals surface area contributed by atoms with Gasteiger partial charge < -0.3 is 19.5 Å². The fourth-order valence-corrected chi connectivity index (χ4v) is 4.35. The molecule has 3 aliphatic heterocycles. The maximum Gasteiger partial charge on any atom is 0.167 e. The number of fused-ring (bicyclic) bond motifs is 4. The maximum atomic E-state index is 6.58. The standard InChI is InChI=1S/C18H25NO3/c1-18(2)13-9-11-10-19-8-7-14(11)21-16(13)12-5-4-6-15(20-3)17(12)22-18/h4-6,11,13-14,16,19H,7-10H2,1-3H3/t11-,13+,14+,16-/m1/s1. The summed E-state index contributed by atoms with van der Waals surface area (Å²) in [4.78, 5) is 0. The van der Waals surface area contributed by atoms with Gasteiger partial charge in [-0.3, -0.25) is 0 Å². The molecule has 0 spiro atoms. The van der Waals surface area contributed by atoms with Crippen LogP contribution in [0, 0.1) is 11.8 Å². The van der Waals surface area contributed by atoms with Crippen molar-refractivity contribution in [2.45, 2.75) is 44.5 Å². The number of nitrogens with one attached hydrogen (secondary N) is 1. The molecule has 1 aromatic carbocycles. The van der Waals surface area contributed by atoms with Gasteiger partial charge in [0.15, 0.2) is 11.5 Å². The van der Waals surface area contributed by atoms with Gasteiger partial charge in [-0.25, -0.2) is 0 Å². The van der Waals surface area contributed by atoms with Gasteiger partial charge in [-0.1, -0.05) is 12.1 Å². The second kappa shape index (κ2) is 5.14. The van der Waals surface area contributed by atoms with E-state index in [2.05, 4.69) is 25.2 Å². The van der Waals surface area contributed by atoms with Gasteiger partial charge in [0.05, 0.1) is 19.3 Å². The van der Waals surface area contributed by atoms with E-state index in [9.17, 15) is 0 Å². The molecule has 4 heteroatoms. The molecule has 1 aromatic rings. The summed E-state index contributed by atoms with van der Waals surface area (Å²) in [6.07, 6.45) is 2.75. The van der Waals surface area contributed by atoms with Crippen molar-refractivity contribution >= 4 is 0 Å². The highest BCUT2D eigenvalue weighted by Gasteiger charge is 2.51. The predicted octanol–water partition coefficient (Wildman–Crippen LogP) is 2.92. The highest BCUT2D eigenvalue weighted by molar-refractivity contribution is 5.50. The van der Waals surface area contributed by atoms with Crippen molar-refractivity contribution in [1.82, 2.24) is 5.32 Å². The van der Waals surface area contributed by atoms with Crippen LogP contribution in [-0.2, 0) is 4.74 Å². The third-order valence-electron chi connectivity index (χ3n) is 5.58.